The van der Waals surface area contributed by atoms with Crippen LogP contribution >= 0.6 is 0 Å². The summed E-state index contributed by atoms with van der Waals surface area (Å²) in [7, 11) is -3.21. The van der Waals surface area contributed by atoms with Crippen molar-refractivity contribution >= 4 is 63.0 Å². The molecule has 8 aromatic heterocycles. The number of methoxy groups -OCH3 is 8. The first-order chi connectivity index (χ1) is 68.5. The summed E-state index contributed by atoms with van der Waals surface area (Å²) in [5, 5.41) is 71.9. The average molecular weight is 2050 g/mol. The summed E-state index contributed by atoms with van der Waals surface area (Å²) in [5.74, 6) is 0.924. The molecular weight excluding hydrogens is 1950 g/mol. The van der Waals surface area contributed by atoms with E-state index in [1.54, 1.807) is 177 Å². The van der Waals surface area contributed by atoms with Crippen LogP contribution in [-0.2, 0) is 81.5 Å². The molecule has 0 unspecified atom stereocenters. The minimum absolute atomic E-state index is 0.0906. The lowest BCUT2D eigenvalue weighted by atomic mass is 9.97. The zero-order valence-corrected chi connectivity index (χ0v) is 85.1. The monoisotopic (exact) mass is 2050 g/mol. The standard InChI is InChI=1S/4C24H27N5O6S/c4*1-16-13-24(2,15-25)28(23(16)30)10-12-36(31,32)14-20-26-27-22(19-9-6-11-35-19)29(20)21-17(33-3)7-5-8-18(21)34-4/h4*5-9,11,16H,10,12-14H2,1-4H3/t2*16-,24+;2*16-,24-/m1010/s1. The number of furan rings is 4. The summed E-state index contributed by atoms with van der Waals surface area (Å²) in [6.07, 6.45) is 7.34. The molecule has 4 aliphatic heterocycles. The molecule has 12 heterocycles. The third-order valence-electron chi connectivity index (χ3n) is 25.2. The van der Waals surface area contributed by atoms with Gasteiger partial charge in [0, 0.05) is 49.9 Å². The number of carbonyl (C=O) groups is 4. The molecule has 4 fully saturated rings. The van der Waals surface area contributed by atoms with E-state index in [-0.39, 0.29) is 143 Å². The minimum Gasteiger partial charge on any atom is -0.494 e. The lowest BCUT2D eigenvalue weighted by molar-refractivity contribution is -0.132. The number of nitriles is 4. The Kier molecular flexibility index (Phi) is 32.1. The van der Waals surface area contributed by atoms with Crippen LogP contribution in [0.5, 0.6) is 46.0 Å². The number of sulfone groups is 4. The fraction of sp³-hybridized carbons (Fsp3) is 0.417. The highest BCUT2D eigenvalue weighted by molar-refractivity contribution is 7.91. The highest BCUT2D eigenvalue weighted by Crippen LogP contribution is 2.45. The zero-order valence-electron chi connectivity index (χ0n) is 81.9. The number of benzene rings is 4. The maximum absolute atomic E-state index is 13.2. The van der Waals surface area contributed by atoms with E-state index in [1.807, 2.05) is 0 Å². The van der Waals surface area contributed by atoms with Gasteiger partial charge in [-0.2, -0.15) is 21.0 Å². The molecule has 144 heavy (non-hydrogen) atoms. The van der Waals surface area contributed by atoms with Crippen molar-refractivity contribution in [3.05, 3.63) is 170 Å². The summed E-state index contributed by atoms with van der Waals surface area (Å²) in [6, 6.07) is 42.8. The van der Waals surface area contributed by atoms with Gasteiger partial charge in [0.05, 0.1) is 129 Å². The molecule has 44 nitrogen and oxygen atoms in total. The molecule has 0 aliphatic carbocycles. The fourth-order valence-electron chi connectivity index (χ4n) is 18.1. The Hall–Kier alpha value is -15.4. The molecule has 0 saturated carbocycles. The smallest absolute Gasteiger partial charge is 0.226 e. The van der Waals surface area contributed by atoms with Crippen molar-refractivity contribution in [1.82, 2.24) is 78.7 Å². The molecule has 0 bridgehead atoms. The number of para-hydroxylation sites is 4. The van der Waals surface area contributed by atoms with Crippen LogP contribution in [0.15, 0.2) is 164 Å². The van der Waals surface area contributed by atoms with Gasteiger partial charge in [-0.3, -0.25) is 37.4 Å². The van der Waals surface area contributed by atoms with Gasteiger partial charge in [-0.15, -0.1) is 40.8 Å². The van der Waals surface area contributed by atoms with E-state index in [0.29, 0.717) is 117 Å². The van der Waals surface area contributed by atoms with Crippen molar-refractivity contribution in [3.63, 3.8) is 0 Å². The summed E-state index contributed by atoms with van der Waals surface area (Å²) in [6.45, 7) is 13.2. The van der Waals surface area contributed by atoms with Crippen molar-refractivity contribution in [1.29, 1.82) is 21.0 Å². The molecule has 16 rings (SSSR count). The molecule has 0 spiro atoms. The lowest BCUT2D eigenvalue weighted by Gasteiger charge is -2.28. The van der Waals surface area contributed by atoms with Gasteiger partial charge >= 0.3 is 0 Å². The van der Waals surface area contributed by atoms with E-state index >= 15 is 0 Å². The maximum Gasteiger partial charge on any atom is 0.226 e. The molecule has 0 N–H and O–H groups in total. The zero-order chi connectivity index (χ0) is 104. The van der Waals surface area contributed by atoms with Crippen molar-refractivity contribution in [2.45, 2.75) is 126 Å². The molecule has 4 amide bonds. The molecule has 0 radical (unpaired) electrons. The molecule has 760 valence electrons. The predicted molar refractivity (Wildman–Crippen MR) is 517 cm³/mol. The number of carbonyl (C=O) groups excluding carboxylic acids is 4. The van der Waals surface area contributed by atoms with E-state index in [4.69, 9.17) is 55.6 Å². The maximum atomic E-state index is 13.2. The predicted octanol–water partition coefficient (Wildman–Crippen LogP) is 10.4. The van der Waals surface area contributed by atoms with Crippen molar-refractivity contribution in [2.75, 3.05) is 106 Å². The Morgan fingerprint density at radius 2 is 0.472 bits per heavy atom. The third kappa shape index (κ3) is 22.1. The van der Waals surface area contributed by atoms with Crippen molar-refractivity contribution in [2.24, 2.45) is 23.7 Å². The second kappa shape index (κ2) is 43.6. The third-order valence-corrected chi connectivity index (χ3v) is 31.2. The van der Waals surface area contributed by atoms with Crippen LogP contribution in [0.1, 0.15) is 104 Å². The van der Waals surface area contributed by atoms with Crippen LogP contribution in [0.3, 0.4) is 0 Å². The van der Waals surface area contributed by atoms with Crippen LogP contribution in [0.4, 0.5) is 0 Å². The molecular formula is C96H108N20O24S4. The largest absolute Gasteiger partial charge is 0.494 e. The number of aromatic nitrogens is 12. The summed E-state index contributed by atoms with van der Waals surface area (Å²) < 4.78 is 178. The van der Waals surface area contributed by atoms with E-state index in [2.05, 4.69) is 65.1 Å². The number of nitrogens with zero attached hydrogens (tertiary/aromatic N) is 20. The van der Waals surface area contributed by atoms with Crippen LogP contribution in [0, 0.1) is 69.0 Å². The fourth-order valence-corrected chi connectivity index (χ4v) is 22.9. The Morgan fingerprint density at radius 3 is 0.618 bits per heavy atom. The molecule has 4 saturated heterocycles. The Balaban J connectivity index is 0.000000161. The first-order valence-corrected chi connectivity index (χ1v) is 52.3. The van der Waals surface area contributed by atoms with E-state index in [1.165, 1.54) is 120 Å². The van der Waals surface area contributed by atoms with Crippen LogP contribution in [0.25, 0.3) is 69.1 Å². The number of rotatable bonds is 36. The first kappa shape index (κ1) is 106. The number of ether oxygens (including phenoxy) is 8. The Morgan fingerprint density at radius 1 is 0.299 bits per heavy atom. The van der Waals surface area contributed by atoms with Gasteiger partial charge in [-0.05, 0) is 150 Å². The highest BCUT2D eigenvalue weighted by atomic mass is 32.2. The number of amides is 4. The Bertz CT molecular complexity index is 6410. The van der Waals surface area contributed by atoms with Gasteiger partial charge in [-0.1, -0.05) is 52.0 Å². The lowest BCUT2D eigenvalue weighted by Crippen LogP contribution is -2.44. The number of hydrogen-bond acceptors (Lipinski definition) is 36. The number of likely N-dealkylation sites (tertiary alicyclic amines) is 4. The van der Waals surface area contributed by atoms with Gasteiger partial charge in [0.1, 0.15) is 114 Å². The highest BCUT2D eigenvalue weighted by Gasteiger charge is 2.51. The molecule has 12 aromatic rings. The van der Waals surface area contributed by atoms with E-state index < -0.39 is 84.5 Å². The second-order valence-corrected chi connectivity index (χ2v) is 44.1. The van der Waals surface area contributed by atoms with Crippen LogP contribution < -0.4 is 37.9 Å². The van der Waals surface area contributed by atoms with Gasteiger partial charge in [0.25, 0.3) is 0 Å². The Labute approximate surface area is 831 Å². The van der Waals surface area contributed by atoms with Crippen molar-refractivity contribution in [3.8, 4) is 139 Å². The molecule has 8 atom stereocenters. The van der Waals surface area contributed by atoms with Gasteiger partial charge in [-0.25, -0.2) is 33.7 Å². The van der Waals surface area contributed by atoms with Gasteiger partial charge in [0.15, 0.2) is 85.7 Å². The average Bonchev–Trinajstić information content (AvgIpc) is 1.62. The number of hydrogen-bond donors (Lipinski definition) is 0. The topological polar surface area (TPSA) is 562 Å². The van der Waals surface area contributed by atoms with E-state index in [0.717, 1.165) is 0 Å². The molecule has 4 aromatic carbocycles. The van der Waals surface area contributed by atoms with Crippen molar-refractivity contribution < 1.29 is 108 Å². The quantitative estimate of drug-likeness (QED) is 0.0352. The van der Waals surface area contributed by atoms with E-state index in [9.17, 15) is 73.9 Å². The normalized spacial score (nSPS) is 19.9. The van der Waals surface area contributed by atoms with Gasteiger partial charge < -0.3 is 75.2 Å². The SMILES string of the molecule is COc1cccc(OC)c1-n1c(CS(=O)(=O)CCN2C(=O)[C@@H](C)C[C@@]2(C)C#N)nnc1-c1ccco1.COc1cccc(OC)c1-n1c(CS(=O)(=O)CCN2C(=O)[C@@H](C)C[C@]2(C)C#N)nnc1-c1ccco1.COc1cccc(OC)c1-n1c(CS(=O)(=O)CCN2C(=O)[C@H](C)C[C@@]2(C)C#N)nnc1-c1ccco1.COc1cccc(OC)c1-n1c(CS(=O)(=O)CCN2C(=O)[C@H](C)C[C@]2(C)C#N)nnc1-c1ccco1. The van der Waals surface area contributed by atoms with Crippen LogP contribution in [-0.4, -0.2) is 264 Å². The second-order valence-electron chi connectivity index (χ2n) is 35.3. The minimum atomic E-state index is -3.79. The summed E-state index contributed by atoms with van der Waals surface area (Å²) in [4.78, 5) is 55.8. The molecule has 4 aliphatic rings. The first-order valence-electron chi connectivity index (χ1n) is 45.1. The van der Waals surface area contributed by atoms with Crippen LogP contribution in [0.2, 0.25) is 0 Å². The molecule has 48 heteroatoms. The summed E-state index contributed by atoms with van der Waals surface area (Å²) in [5.41, 5.74) is -2.47. The van der Waals surface area contributed by atoms with Gasteiger partial charge in [0.2, 0.25) is 46.9 Å². The summed E-state index contributed by atoms with van der Waals surface area (Å²) >= 11 is 0.